The van der Waals surface area contributed by atoms with Crippen LogP contribution >= 0.6 is 0 Å². The first-order valence-corrected chi connectivity index (χ1v) is 10.1. The van der Waals surface area contributed by atoms with Gasteiger partial charge in [-0.05, 0) is 36.4 Å². The van der Waals surface area contributed by atoms with E-state index in [1.807, 2.05) is 65.5 Å². The van der Waals surface area contributed by atoms with Crippen LogP contribution in [-0.2, 0) is 13.1 Å². The molecule has 0 spiro atoms. The van der Waals surface area contributed by atoms with E-state index < -0.39 is 11.6 Å². The van der Waals surface area contributed by atoms with Gasteiger partial charge in [0.1, 0.15) is 17.4 Å². The summed E-state index contributed by atoms with van der Waals surface area (Å²) in [5.74, 6) is -0.999. The number of hydrogen-bond acceptors (Lipinski definition) is 2. The molecule has 32 heavy (non-hydrogen) atoms. The van der Waals surface area contributed by atoms with Gasteiger partial charge >= 0.3 is 0 Å². The summed E-state index contributed by atoms with van der Waals surface area (Å²) >= 11 is 0. The van der Waals surface area contributed by atoms with Crippen molar-refractivity contribution in [1.82, 2.24) is 9.47 Å². The Morgan fingerprint density at radius 2 is 1.56 bits per heavy atom. The Morgan fingerprint density at radius 1 is 0.875 bits per heavy atom. The van der Waals surface area contributed by atoms with Crippen LogP contribution in [0.15, 0.2) is 91.3 Å². The van der Waals surface area contributed by atoms with Crippen LogP contribution in [0.5, 0.6) is 5.75 Å². The minimum atomic E-state index is -0.693. The molecule has 162 valence electrons. The average molecular weight is 432 g/mol. The van der Waals surface area contributed by atoms with Crippen molar-refractivity contribution in [1.29, 1.82) is 0 Å². The van der Waals surface area contributed by atoms with Crippen molar-refractivity contribution in [2.24, 2.45) is 0 Å². The maximum absolute atomic E-state index is 14.5. The van der Waals surface area contributed by atoms with Gasteiger partial charge in [-0.15, -0.1) is 0 Å². The van der Waals surface area contributed by atoms with Gasteiger partial charge in [-0.3, -0.25) is 4.79 Å². The molecule has 3 aromatic carbocycles. The van der Waals surface area contributed by atoms with E-state index >= 15 is 0 Å². The van der Waals surface area contributed by atoms with Crippen LogP contribution in [0.3, 0.4) is 0 Å². The van der Waals surface area contributed by atoms with E-state index in [2.05, 4.69) is 0 Å². The van der Waals surface area contributed by atoms with Gasteiger partial charge in [-0.25, -0.2) is 8.78 Å². The van der Waals surface area contributed by atoms with Crippen molar-refractivity contribution in [3.63, 3.8) is 0 Å². The Labute approximate surface area is 185 Å². The lowest BCUT2D eigenvalue weighted by Crippen LogP contribution is -2.31. The molecule has 0 aliphatic rings. The Hall–Kier alpha value is -3.93. The molecule has 0 aliphatic carbocycles. The Bertz CT molecular complexity index is 1220. The maximum Gasteiger partial charge on any atom is 0.256 e. The fraction of sp³-hybridized carbons (Fsp3) is 0.115. The number of ether oxygens (including phenoxy) is 1. The van der Waals surface area contributed by atoms with Crippen LogP contribution in [-0.4, -0.2) is 22.5 Å². The first-order valence-electron chi connectivity index (χ1n) is 10.1. The lowest BCUT2D eigenvalue weighted by molar-refractivity contribution is 0.0727. The molecular formula is C26H22F2N2O2. The number of benzene rings is 3. The lowest BCUT2D eigenvalue weighted by Gasteiger charge is -2.25. The number of amides is 1. The summed E-state index contributed by atoms with van der Waals surface area (Å²) in [6.45, 7) is 0.169. The molecule has 0 unspecified atom stereocenters. The van der Waals surface area contributed by atoms with E-state index in [1.54, 1.807) is 19.2 Å². The average Bonchev–Trinajstić information content (AvgIpc) is 3.35. The van der Waals surface area contributed by atoms with Crippen molar-refractivity contribution in [2.45, 2.75) is 13.1 Å². The smallest absolute Gasteiger partial charge is 0.256 e. The molecule has 1 heterocycles. The summed E-state index contributed by atoms with van der Waals surface area (Å²) in [4.78, 5) is 15.3. The highest BCUT2D eigenvalue weighted by Gasteiger charge is 2.22. The van der Waals surface area contributed by atoms with E-state index in [0.717, 1.165) is 11.6 Å². The topological polar surface area (TPSA) is 34.5 Å². The predicted molar refractivity (Wildman–Crippen MR) is 119 cm³/mol. The number of carbonyl (C=O) groups excluding carboxylic acids is 1. The largest absolute Gasteiger partial charge is 0.496 e. The second kappa shape index (κ2) is 9.47. The first kappa shape index (κ1) is 21.3. The molecule has 0 aliphatic heterocycles. The maximum atomic E-state index is 14.5. The van der Waals surface area contributed by atoms with Crippen molar-refractivity contribution < 1.29 is 18.3 Å². The van der Waals surface area contributed by atoms with E-state index in [9.17, 15) is 13.6 Å². The zero-order chi connectivity index (χ0) is 22.5. The van der Waals surface area contributed by atoms with Gasteiger partial charge in [0.25, 0.3) is 5.91 Å². The Balaban J connectivity index is 1.74. The van der Waals surface area contributed by atoms with Crippen LogP contribution < -0.4 is 4.74 Å². The Kier molecular flexibility index (Phi) is 6.31. The highest BCUT2D eigenvalue weighted by Crippen LogP contribution is 2.24. The molecule has 4 aromatic rings. The number of methoxy groups -OCH3 is 1. The fourth-order valence-corrected chi connectivity index (χ4v) is 3.64. The van der Waals surface area contributed by atoms with Gasteiger partial charge in [0.15, 0.2) is 0 Å². The van der Waals surface area contributed by atoms with Gasteiger partial charge in [0, 0.05) is 42.7 Å². The van der Waals surface area contributed by atoms with E-state index in [4.69, 9.17) is 4.74 Å². The third kappa shape index (κ3) is 4.54. The number of para-hydroxylation sites is 2. The van der Waals surface area contributed by atoms with Gasteiger partial charge in [-0.1, -0.05) is 36.4 Å². The highest BCUT2D eigenvalue weighted by atomic mass is 19.1. The summed E-state index contributed by atoms with van der Waals surface area (Å²) in [6.07, 6.45) is 3.71. The van der Waals surface area contributed by atoms with Crippen molar-refractivity contribution in [3.8, 4) is 11.4 Å². The second-order valence-corrected chi connectivity index (χ2v) is 7.32. The molecular weight excluding hydrogens is 410 g/mol. The summed E-state index contributed by atoms with van der Waals surface area (Å²) < 4.78 is 35.2. The first-order chi connectivity index (χ1) is 15.6. The van der Waals surface area contributed by atoms with E-state index in [0.29, 0.717) is 17.0 Å². The molecule has 0 radical (unpaired) electrons. The number of halogens is 2. The minimum Gasteiger partial charge on any atom is -0.496 e. The molecule has 0 N–H and O–H groups in total. The minimum absolute atomic E-state index is 0.0248. The van der Waals surface area contributed by atoms with E-state index in [-0.39, 0.29) is 24.6 Å². The third-order valence-electron chi connectivity index (χ3n) is 5.23. The van der Waals surface area contributed by atoms with Gasteiger partial charge in [-0.2, -0.15) is 0 Å². The molecule has 6 heteroatoms. The molecule has 0 saturated heterocycles. The number of hydrogen-bond donors (Lipinski definition) is 0. The van der Waals surface area contributed by atoms with Gasteiger partial charge < -0.3 is 14.2 Å². The van der Waals surface area contributed by atoms with Gasteiger partial charge in [0.2, 0.25) is 0 Å². The monoisotopic (exact) mass is 432 g/mol. The number of nitrogens with zero attached hydrogens (tertiary/aromatic N) is 2. The number of aromatic nitrogens is 1. The fourth-order valence-electron chi connectivity index (χ4n) is 3.64. The van der Waals surface area contributed by atoms with Crippen LogP contribution in [0.25, 0.3) is 5.69 Å². The SMILES string of the molecule is COc1ccccc1CN(Cc1ccc(F)cc1F)C(=O)c1ccccc1-n1cccc1. The zero-order valence-electron chi connectivity index (χ0n) is 17.5. The number of rotatable bonds is 7. The summed E-state index contributed by atoms with van der Waals surface area (Å²) in [5.41, 5.74) is 2.20. The van der Waals surface area contributed by atoms with Crippen LogP contribution in [0.2, 0.25) is 0 Å². The standard InChI is InChI=1S/C26H22F2N2O2/c1-32-25-11-5-2-8-20(25)18-30(17-19-12-13-21(27)16-23(19)28)26(31)22-9-3-4-10-24(22)29-14-6-7-15-29/h2-16H,17-18H2,1H3. The molecule has 0 atom stereocenters. The molecule has 1 amide bonds. The van der Waals surface area contributed by atoms with Gasteiger partial charge in [0.05, 0.1) is 18.4 Å². The molecule has 4 rings (SSSR count). The molecule has 1 aromatic heterocycles. The van der Waals surface area contributed by atoms with Crippen molar-refractivity contribution >= 4 is 5.91 Å². The highest BCUT2D eigenvalue weighted by molar-refractivity contribution is 5.97. The van der Waals surface area contributed by atoms with Crippen molar-refractivity contribution in [2.75, 3.05) is 7.11 Å². The molecule has 4 nitrogen and oxygen atoms in total. The van der Waals surface area contributed by atoms with Crippen molar-refractivity contribution in [3.05, 3.63) is 120 Å². The lowest BCUT2D eigenvalue weighted by atomic mass is 10.1. The molecule has 0 bridgehead atoms. The second-order valence-electron chi connectivity index (χ2n) is 7.32. The van der Waals surface area contributed by atoms with Crippen LogP contribution in [0.4, 0.5) is 8.78 Å². The van der Waals surface area contributed by atoms with Crippen LogP contribution in [0.1, 0.15) is 21.5 Å². The Morgan fingerprint density at radius 3 is 2.31 bits per heavy atom. The normalized spacial score (nSPS) is 10.7. The zero-order valence-corrected chi connectivity index (χ0v) is 17.5. The summed E-state index contributed by atoms with van der Waals surface area (Å²) in [6, 6.07) is 21.8. The third-order valence-corrected chi connectivity index (χ3v) is 5.23. The number of carbonyl (C=O) groups is 1. The van der Waals surface area contributed by atoms with Crippen LogP contribution in [0, 0.1) is 11.6 Å². The quantitative estimate of drug-likeness (QED) is 0.381. The molecule has 0 saturated carbocycles. The summed E-state index contributed by atoms with van der Waals surface area (Å²) in [7, 11) is 1.56. The van der Waals surface area contributed by atoms with E-state index in [1.165, 1.54) is 17.0 Å². The predicted octanol–water partition coefficient (Wildman–Crippen LogP) is 5.61. The molecule has 0 fully saturated rings. The summed E-state index contributed by atoms with van der Waals surface area (Å²) in [5, 5.41) is 0.